The van der Waals surface area contributed by atoms with Crippen LogP contribution >= 0.6 is 23.4 Å². The first kappa shape index (κ1) is 15.3. The topological polar surface area (TPSA) is 103 Å². The van der Waals surface area contributed by atoms with Crippen LogP contribution in [0.15, 0.2) is 23.6 Å². The Balaban J connectivity index is 2.52. The molecule has 2 heterocycles. The lowest BCUT2D eigenvalue weighted by atomic mass is 10.2. The normalized spacial score (nSPS) is 10.2. The molecule has 110 valence electrons. The van der Waals surface area contributed by atoms with Crippen LogP contribution < -0.4 is 15.8 Å². The Kier molecular flexibility index (Phi) is 4.81. The summed E-state index contributed by atoms with van der Waals surface area (Å²) in [5, 5.41) is 3.84. The SMILES string of the molecule is COc1nc(SC)nc(Nc2cncc(Cl)c2)c1C(N)=O. The van der Waals surface area contributed by atoms with Gasteiger partial charge in [-0.3, -0.25) is 9.78 Å². The third kappa shape index (κ3) is 3.53. The van der Waals surface area contributed by atoms with E-state index in [-0.39, 0.29) is 17.3 Å². The van der Waals surface area contributed by atoms with E-state index in [1.54, 1.807) is 12.3 Å². The van der Waals surface area contributed by atoms with Crippen molar-refractivity contribution in [1.82, 2.24) is 15.0 Å². The van der Waals surface area contributed by atoms with Gasteiger partial charge in [-0.05, 0) is 12.3 Å². The average molecular weight is 326 g/mol. The highest BCUT2D eigenvalue weighted by Gasteiger charge is 2.20. The molecule has 0 aliphatic rings. The van der Waals surface area contributed by atoms with E-state index in [4.69, 9.17) is 22.1 Å². The van der Waals surface area contributed by atoms with Gasteiger partial charge in [-0.1, -0.05) is 23.4 Å². The van der Waals surface area contributed by atoms with Crippen LogP contribution in [0.4, 0.5) is 11.5 Å². The Hall–Kier alpha value is -2.06. The number of carbonyl (C=O) groups is 1. The van der Waals surface area contributed by atoms with Crippen molar-refractivity contribution in [1.29, 1.82) is 0 Å². The van der Waals surface area contributed by atoms with Gasteiger partial charge in [0.1, 0.15) is 5.56 Å². The van der Waals surface area contributed by atoms with Gasteiger partial charge < -0.3 is 15.8 Å². The summed E-state index contributed by atoms with van der Waals surface area (Å²) in [6.07, 6.45) is 4.85. The molecule has 7 nitrogen and oxygen atoms in total. The standard InChI is InChI=1S/C12H12ClN5O2S/c1-20-11-8(9(14)19)10(17-12(18-11)21-2)16-7-3-6(13)4-15-5-7/h3-5H,1-2H3,(H2,14,19)(H,16,17,18). The van der Waals surface area contributed by atoms with Crippen molar-refractivity contribution in [3.05, 3.63) is 29.0 Å². The number of halogens is 1. The zero-order valence-electron chi connectivity index (χ0n) is 11.3. The van der Waals surface area contributed by atoms with Crippen molar-refractivity contribution in [2.75, 3.05) is 18.7 Å². The largest absolute Gasteiger partial charge is 0.480 e. The zero-order chi connectivity index (χ0) is 15.4. The number of nitrogens with zero attached hydrogens (tertiary/aromatic N) is 3. The first-order valence-corrected chi connectivity index (χ1v) is 7.32. The second-order valence-corrected chi connectivity index (χ2v) is 5.03. The van der Waals surface area contributed by atoms with Crippen LogP contribution in [0, 0.1) is 0 Å². The number of anilines is 2. The fraction of sp³-hybridized carbons (Fsp3) is 0.167. The molecule has 0 aromatic carbocycles. The van der Waals surface area contributed by atoms with E-state index in [9.17, 15) is 4.79 Å². The molecule has 0 atom stereocenters. The zero-order valence-corrected chi connectivity index (χ0v) is 12.8. The molecule has 0 spiro atoms. The summed E-state index contributed by atoms with van der Waals surface area (Å²) in [6.45, 7) is 0. The number of rotatable bonds is 5. The molecule has 2 rings (SSSR count). The summed E-state index contributed by atoms with van der Waals surface area (Å²) in [7, 11) is 1.41. The summed E-state index contributed by atoms with van der Waals surface area (Å²) in [4.78, 5) is 23.9. The molecule has 0 radical (unpaired) electrons. The molecule has 9 heteroatoms. The van der Waals surface area contributed by atoms with Crippen molar-refractivity contribution in [3.8, 4) is 5.88 Å². The smallest absolute Gasteiger partial charge is 0.258 e. The van der Waals surface area contributed by atoms with E-state index in [0.29, 0.717) is 15.9 Å². The van der Waals surface area contributed by atoms with Crippen LogP contribution in [0.2, 0.25) is 5.02 Å². The van der Waals surface area contributed by atoms with Crippen molar-refractivity contribution in [2.45, 2.75) is 5.16 Å². The van der Waals surface area contributed by atoms with Crippen LogP contribution in [0.5, 0.6) is 5.88 Å². The summed E-state index contributed by atoms with van der Waals surface area (Å²) in [5.74, 6) is -0.348. The van der Waals surface area contributed by atoms with Crippen molar-refractivity contribution >= 4 is 40.8 Å². The van der Waals surface area contributed by atoms with E-state index in [1.165, 1.54) is 25.1 Å². The van der Waals surface area contributed by atoms with Gasteiger partial charge in [-0.2, -0.15) is 4.98 Å². The minimum Gasteiger partial charge on any atom is -0.480 e. The molecule has 0 aliphatic heterocycles. The number of aromatic nitrogens is 3. The van der Waals surface area contributed by atoms with E-state index < -0.39 is 5.91 Å². The van der Waals surface area contributed by atoms with Gasteiger partial charge in [0.2, 0.25) is 5.88 Å². The molecule has 2 aromatic heterocycles. The molecule has 0 saturated carbocycles. The lowest BCUT2D eigenvalue weighted by molar-refractivity contribution is 0.0997. The second kappa shape index (κ2) is 6.59. The molecule has 21 heavy (non-hydrogen) atoms. The maximum absolute atomic E-state index is 11.6. The molecular weight excluding hydrogens is 314 g/mol. The number of methoxy groups -OCH3 is 1. The number of thioether (sulfide) groups is 1. The fourth-order valence-corrected chi connectivity index (χ4v) is 2.12. The third-order valence-electron chi connectivity index (χ3n) is 2.45. The molecule has 0 unspecified atom stereocenters. The Morgan fingerprint density at radius 3 is 2.76 bits per heavy atom. The van der Waals surface area contributed by atoms with E-state index in [1.807, 2.05) is 6.26 Å². The molecule has 2 aromatic rings. The Morgan fingerprint density at radius 1 is 1.43 bits per heavy atom. The van der Waals surface area contributed by atoms with Crippen LogP contribution in [0.3, 0.4) is 0 Å². The van der Waals surface area contributed by atoms with Crippen LogP contribution in [0.1, 0.15) is 10.4 Å². The van der Waals surface area contributed by atoms with Gasteiger partial charge in [0.25, 0.3) is 5.91 Å². The highest BCUT2D eigenvalue weighted by molar-refractivity contribution is 7.98. The molecular formula is C12H12ClN5O2S. The van der Waals surface area contributed by atoms with Gasteiger partial charge in [0.05, 0.1) is 24.0 Å². The van der Waals surface area contributed by atoms with Gasteiger partial charge >= 0.3 is 0 Å². The number of primary amides is 1. The molecule has 0 fully saturated rings. The van der Waals surface area contributed by atoms with Crippen LogP contribution in [-0.2, 0) is 0 Å². The summed E-state index contributed by atoms with van der Waals surface area (Å²) in [6, 6.07) is 1.65. The first-order valence-electron chi connectivity index (χ1n) is 5.72. The maximum atomic E-state index is 11.6. The number of nitrogens with one attached hydrogen (secondary N) is 1. The summed E-state index contributed by atoms with van der Waals surface area (Å²) < 4.78 is 5.10. The van der Waals surface area contributed by atoms with Crippen molar-refractivity contribution in [2.24, 2.45) is 5.73 Å². The Labute approximate surface area is 130 Å². The number of amides is 1. The number of hydrogen-bond acceptors (Lipinski definition) is 7. The van der Waals surface area contributed by atoms with Crippen molar-refractivity contribution in [3.63, 3.8) is 0 Å². The summed E-state index contributed by atoms with van der Waals surface area (Å²) >= 11 is 7.19. The van der Waals surface area contributed by atoms with Gasteiger partial charge in [0.15, 0.2) is 11.0 Å². The maximum Gasteiger partial charge on any atom is 0.258 e. The molecule has 1 amide bonds. The van der Waals surface area contributed by atoms with Gasteiger partial charge in [0, 0.05) is 6.20 Å². The highest BCUT2D eigenvalue weighted by Crippen LogP contribution is 2.28. The van der Waals surface area contributed by atoms with Crippen LogP contribution in [0.25, 0.3) is 0 Å². The average Bonchev–Trinajstić information content (AvgIpc) is 2.46. The third-order valence-corrected chi connectivity index (χ3v) is 3.20. The second-order valence-electron chi connectivity index (χ2n) is 3.82. The Morgan fingerprint density at radius 2 is 2.19 bits per heavy atom. The predicted molar refractivity (Wildman–Crippen MR) is 81.4 cm³/mol. The number of nitrogens with two attached hydrogens (primary N) is 1. The highest BCUT2D eigenvalue weighted by atomic mass is 35.5. The summed E-state index contributed by atoms with van der Waals surface area (Å²) in [5.41, 5.74) is 6.01. The minimum absolute atomic E-state index is 0.0651. The first-order chi connectivity index (χ1) is 10.0. The Bertz CT molecular complexity index is 683. The predicted octanol–water partition coefficient (Wildman–Crippen LogP) is 2.10. The quantitative estimate of drug-likeness (QED) is 0.641. The van der Waals surface area contributed by atoms with Gasteiger partial charge in [-0.25, -0.2) is 4.98 Å². The lowest BCUT2D eigenvalue weighted by Crippen LogP contribution is -2.17. The number of ether oxygens (including phenoxy) is 1. The molecule has 3 N–H and O–H groups in total. The van der Waals surface area contributed by atoms with Crippen LogP contribution in [-0.4, -0.2) is 34.2 Å². The van der Waals surface area contributed by atoms with Gasteiger partial charge in [-0.15, -0.1) is 0 Å². The molecule has 0 bridgehead atoms. The van der Waals surface area contributed by atoms with Crippen molar-refractivity contribution < 1.29 is 9.53 Å². The number of pyridine rings is 1. The van der Waals surface area contributed by atoms with E-state index >= 15 is 0 Å². The minimum atomic E-state index is -0.697. The molecule has 0 aliphatic carbocycles. The number of carbonyl (C=O) groups excluding carboxylic acids is 1. The number of hydrogen-bond donors (Lipinski definition) is 2. The van der Waals surface area contributed by atoms with E-state index in [2.05, 4.69) is 20.3 Å². The molecule has 0 saturated heterocycles. The lowest BCUT2D eigenvalue weighted by Gasteiger charge is -2.12. The fourth-order valence-electron chi connectivity index (χ4n) is 1.59. The van der Waals surface area contributed by atoms with E-state index in [0.717, 1.165) is 0 Å². The monoisotopic (exact) mass is 325 g/mol.